The van der Waals surface area contributed by atoms with Gasteiger partial charge >= 0.3 is 6.11 Å². The highest BCUT2D eigenvalue weighted by Gasteiger charge is 2.45. The van der Waals surface area contributed by atoms with Crippen molar-refractivity contribution in [3.05, 3.63) is 76.4 Å². The minimum atomic E-state index is -4.63. The van der Waals surface area contributed by atoms with Gasteiger partial charge in [-0.1, -0.05) is 12.1 Å². The molecule has 36 heavy (non-hydrogen) atoms. The molecule has 0 spiro atoms. The molecular formula is C25H18F8O3. The fraction of sp³-hybridized carbons (Fsp3) is 0.280. The molecule has 0 N–H and O–H groups in total. The molecule has 3 nitrogen and oxygen atoms in total. The Bertz CT molecular complexity index is 1310. The zero-order chi connectivity index (χ0) is 26.4. The zero-order valence-corrected chi connectivity index (χ0v) is 18.8. The molecule has 0 aliphatic heterocycles. The molecule has 0 radical (unpaired) electrons. The van der Waals surface area contributed by atoms with Crippen LogP contribution in [0.25, 0.3) is 11.1 Å². The van der Waals surface area contributed by atoms with Crippen molar-refractivity contribution in [3.8, 4) is 28.4 Å². The topological polar surface area (TPSA) is 27.7 Å². The minimum Gasteiger partial charge on any atom is -0.491 e. The van der Waals surface area contributed by atoms with Crippen LogP contribution in [-0.4, -0.2) is 13.2 Å². The molecule has 4 rings (SSSR count). The maximum atomic E-state index is 15.2. The van der Waals surface area contributed by atoms with E-state index in [-0.39, 0.29) is 30.1 Å². The van der Waals surface area contributed by atoms with Crippen LogP contribution in [0.3, 0.4) is 0 Å². The molecule has 0 saturated heterocycles. The first-order chi connectivity index (χ1) is 17.0. The molecule has 0 aromatic heterocycles. The summed E-state index contributed by atoms with van der Waals surface area (Å²) in [6.45, 7) is 3.03. The van der Waals surface area contributed by atoms with E-state index < -0.39 is 69.9 Å². The Labute approximate surface area is 200 Å². The molecule has 1 aliphatic rings. The van der Waals surface area contributed by atoms with E-state index in [9.17, 15) is 26.3 Å². The van der Waals surface area contributed by atoms with Crippen LogP contribution in [0.2, 0.25) is 0 Å². The van der Waals surface area contributed by atoms with E-state index in [0.29, 0.717) is 12.1 Å². The van der Waals surface area contributed by atoms with Gasteiger partial charge in [0.15, 0.2) is 35.4 Å². The fourth-order valence-corrected chi connectivity index (χ4v) is 4.01. The molecule has 0 amide bonds. The third-order valence-electron chi connectivity index (χ3n) is 5.59. The summed E-state index contributed by atoms with van der Waals surface area (Å²) in [4.78, 5) is 0. The fourth-order valence-electron chi connectivity index (χ4n) is 4.01. The highest BCUT2D eigenvalue weighted by atomic mass is 19.3. The Morgan fingerprint density at radius 3 is 1.67 bits per heavy atom. The standard InChI is InChI=1S/C25H18F8O3/c1-3-34-14-8-6-12-11-5-7-13(19(26)17(11)23(30)24(31)18(12)20(14)27)25(32,33)36-16-10-9-15(35-4-2)21(28)22(16)29/h5-10,23-24H,3-4H2,1-2H3. The molecule has 2 unspecified atom stereocenters. The van der Waals surface area contributed by atoms with Crippen LogP contribution in [0.4, 0.5) is 35.1 Å². The predicted molar refractivity (Wildman–Crippen MR) is 113 cm³/mol. The van der Waals surface area contributed by atoms with Crippen molar-refractivity contribution >= 4 is 0 Å². The molecule has 192 valence electrons. The average molecular weight is 518 g/mol. The van der Waals surface area contributed by atoms with Crippen molar-refractivity contribution in [2.75, 3.05) is 13.2 Å². The van der Waals surface area contributed by atoms with E-state index in [0.717, 1.165) is 24.3 Å². The molecule has 2 atom stereocenters. The molecule has 0 heterocycles. The van der Waals surface area contributed by atoms with Gasteiger partial charge in [0.25, 0.3) is 0 Å². The number of hydrogen-bond donors (Lipinski definition) is 0. The summed E-state index contributed by atoms with van der Waals surface area (Å²) in [5, 5.41) is 0. The first kappa shape index (κ1) is 25.6. The van der Waals surface area contributed by atoms with Crippen molar-refractivity contribution < 1.29 is 49.3 Å². The van der Waals surface area contributed by atoms with E-state index >= 15 is 8.78 Å². The molecule has 3 aromatic carbocycles. The van der Waals surface area contributed by atoms with Crippen molar-refractivity contribution in [1.29, 1.82) is 0 Å². The molecule has 11 heteroatoms. The van der Waals surface area contributed by atoms with E-state index in [2.05, 4.69) is 4.74 Å². The average Bonchev–Trinajstić information content (AvgIpc) is 2.83. The zero-order valence-electron chi connectivity index (χ0n) is 18.8. The third-order valence-corrected chi connectivity index (χ3v) is 5.59. The smallest absolute Gasteiger partial charge is 0.429 e. The highest BCUT2D eigenvalue weighted by molar-refractivity contribution is 5.76. The Morgan fingerprint density at radius 2 is 1.08 bits per heavy atom. The number of fused-ring (bicyclic) bond motifs is 3. The van der Waals surface area contributed by atoms with Gasteiger partial charge < -0.3 is 14.2 Å². The van der Waals surface area contributed by atoms with Gasteiger partial charge in [-0.3, -0.25) is 0 Å². The van der Waals surface area contributed by atoms with Crippen LogP contribution < -0.4 is 14.2 Å². The molecular weight excluding hydrogens is 500 g/mol. The summed E-state index contributed by atoms with van der Waals surface area (Å²) in [6.07, 6.45) is -10.2. The monoisotopic (exact) mass is 518 g/mol. The molecule has 3 aromatic rings. The van der Waals surface area contributed by atoms with Crippen molar-refractivity contribution in [1.82, 2.24) is 0 Å². The molecule has 0 saturated carbocycles. The normalized spacial score (nSPS) is 16.8. The largest absolute Gasteiger partial charge is 0.491 e. The van der Waals surface area contributed by atoms with Gasteiger partial charge in [-0.2, -0.15) is 17.6 Å². The van der Waals surface area contributed by atoms with Crippen LogP contribution in [0.5, 0.6) is 17.2 Å². The molecule has 0 bridgehead atoms. The summed E-state index contributed by atoms with van der Waals surface area (Å²) in [6, 6.07) is 5.13. The summed E-state index contributed by atoms with van der Waals surface area (Å²) in [7, 11) is 0. The van der Waals surface area contributed by atoms with Gasteiger partial charge in [-0.25, -0.2) is 17.6 Å². The number of benzene rings is 3. The minimum absolute atomic E-state index is 0.0347. The van der Waals surface area contributed by atoms with Gasteiger partial charge in [0.05, 0.1) is 13.2 Å². The lowest BCUT2D eigenvalue weighted by molar-refractivity contribution is -0.189. The van der Waals surface area contributed by atoms with E-state index in [1.165, 1.54) is 6.92 Å². The molecule has 0 fully saturated rings. The quantitative estimate of drug-likeness (QED) is 0.298. The SMILES string of the molecule is CCOc1ccc(OC(F)(F)c2ccc3c(c2F)C(F)C(F)c2c-3ccc(OCC)c2F)c(F)c1F. The summed E-state index contributed by atoms with van der Waals surface area (Å²) in [5.41, 5.74) is -3.98. The van der Waals surface area contributed by atoms with Gasteiger partial charge in [-0.15, -0.1) is 0 Å². The second kappa shape index (κ2) is 9.51. The van der Waals surface area contributed by atoms with Crippen molar-refractivity contribution in [2.45, 2.75) is 32.3 Å². The molecule has 1 aliphatic carbocycles. The number of hydrogen-bond acceptors (Lipinski definition) is 3. The summed E-state index contributed by atoms with van der Waals surface area (Å²) >= 11 is 0. The predicted octanol–water partition coefficient (Wildman–Crippen LogP) is 7.87. The highest BCUT2D eigenvalue weighted by Crippen LogP contribution is 2.52. The Hall–Kier alpha value is -3.50. The Morgan fingerprint density at radius 1 is 0.639 bits per heavy atom. The van der Waals surface area contributed by atoms with Crippen LogP contribution in [0.15, 0.2) is 36.4 Å². The van der Waals surface area contributed by atoms with Crippen LogP contribution in [-0.2, 0) is 6.11 Å². The lowest BCUT2D eigenvalue weighted by Crippen LogP contribution is -2.26. The lowest BCUT2D eigenvalue weighted by atomic mass is 9.81. The maximum Gasteiger partial charge on any atom is 0.429 e. The number of rotatable bonds is 7. The first-order valence-corrected chi connectivity index (χ1v) is 10.8. The van der Waals surface area contributed by atoms with Crippen LogP contribution >= 0.6 is 0 Å². The van der Waals surface area contributed by atoms with Gasteiger partial charge in [-0.05, 0) is 49.2 Å². The Kier molecular flexibility index (Phi) is 6.76. The number of halogens is 8. The number of ether oxygens (including phenoxy) is 3. The maximum absolute atomic E-state index is 15.2. The second-order valence-corrected chi connectivity index (χ2v) is 7.71. The number of alkyl halides is 4. The van der Waals surface area contributed by atoms with Crippen LogP contribution in [0.1, 0.15) is 42.9 Å². The van der Waals surface area contributed by atoms with E-state index in [1.807, 2.05) is 0 Å². The van der Waals surface area contributed by atoms with E-state index in [4.69, 9.17) is 9.47 Å². The first-order valence-electron chi connectivity index (χ1n) is 10.8. The van der Waals surface area contributed by atoms with E-state index in [1.54, 1.807) is 6.92 Å². The van der Waals surface area contributed by atoms with Gasteiger partial charge in [0, 0.05) is 11.1 Å². The third kappa shape index (κ3) is 4.10. The Balaban J connectivity index is 1.78. The summed E-state index contributed by atoms with van der Waals surface area (Å²) < 4.78 is 132. The van der Waals surface area contributed by atoms with Crippen LogP contribution in [0, 0.1) is 23.3 Å². The van der Waals surface area contributed by atoms with Gasteiger partial charge in [0.2, 0.25) is 11.6 Å². The lowest BCUT2D eigenvalue weighted by Gasteiger charge is -2.29. The van der Waals surface area contributed by atoms with Crippen molar-refractivity contribution in [3.63, 3.8) is 0 Å². The van der Waals surface area contributed by atoms with Crippen molar-refractivity contribution in [2.24, 2.45) is 0 Å². The van der Waals surface area contributed by atoms with Gasteiger partial charge in [0.1, 0.15) is 11.4 Å². The second-order valence-electron chi connectivity index (χ2n) is 7.71. The summed E-state index contributed by atoms with van der Waals surface area (Å²) in [5.74, 6) is -8.67.